The van der Waals surface area contributed by atoms with Crippen molar-refractivity contribution in [1.82, 2.24) is 14.9 Å². The van der Waals surface area contributed by atoms with Gasteiger partial charge in [-0.05, 0) is 74.9 Å². The number of hydrogen-bond donors (Lipinski definition) is 2. The summed E-state index contributed by atoms with van der Waals surface area (Å²) in [5, 5.41) is 12.2. The van der Waals surface area contributed by atoms with Crippen LogP contribution in [0.1, 0.15) is 43.5 Å². The fourth-order valence-electron chi connectivity index (χ4n) is 5.82. The molecule has 1 heterocycles. The fraction of sp³-hybridized carbons (Fsp3) is 0.464. The van der Waals surface area contributed by atoms with Crippen LogP contribution in [0.5, 0.6) is 5.75 Å². The van der Waals surface area contributed by atoms with Crippen molar-refractivity contribution in [3.8, 4) is 5.75 Å². The first kappa shape index (κ1) is 23.4. The normalized spacial score (nSPS) is 24.1. The average molecular weight is 480 g/mol. The van der Waals surface area contributed by atoms with Gasteiger partial charge in [0.05, 0.1) is 23.3 Å². The molecule has 2 N–H and O–H groups in total. The highest BCUT2D eigenvalue weighted by Gasteiger charge is 2.46. The van der Waals surface area contributed by atoms with Gasteiger partial charge < -0.3 is 19.7 Å². The number of aromatic nitrogens is 2. The number of nitrogens with one attached hydrogen (secondary N) is 1. The molecule has 5 nitrogen and oxygen atoms in total. The Balaban J connectivity index is 1.14. The molecular formula is C28H34ClN3O2. The van der Waals surface area contributed by atoms with Crippen LogP contribution in [0.4, 0.5) is 0 Å². The number of nitrogens with zero attached hydrogens (tertiary/aromatic N) is 2. The van der Waals surface area contributed by atoms with E-state index in [2.05, 4.69) is 53.3 Å². The van der Waals surface area contributed by atoms with Crippen molar-refractivity contribution in [3.63, 3.8) is 0 Å². The first-order valence-corrected chi connectivity index (χ1v) is 12.7. The third kappa shape index (κ3) is 4.61. The molecule has 3 atom stereocenters. The minimum atomic E-state index is -0.582. The molecule has 1 fully saturated rings. The zero-order valence-corrected chi connectivity index (χ0v) is 20.8. The maximum Gasteiger partial charge on any atom is 0.146 e. The third-order valence-corrected chi connectivity index (χ3v) is 8.06. The van der Waals surface area contributed by atoms with Crippen molar-refractivity contribution in [2.45, 2.75) is 44.1 Å². The van der Waals surface area contributed by atoms with Crippen LogP contribution in [0.15, 0.2) is 48.5 Å². The molecule has 2 aromatic carbocycles. The van der Waals surface area contributed by atoms with Gasteiger partial charge in [0.25, 0.3) is 0 Å². The number of H-pyrrole nitrogens is 1. The molecule has 2 bridgehead atoms. The summed E-state index contributed by atoms with van der Waals surface area (Å²) in [4.78, 5) is 10.4. The zero-order chi connectivity index (χ0) is 23.7. The SMILES string of the molecule is COc1ccc(Cl)c2[nH]c(CCCN(C)CC[C@@]3(O)C[C@@H]4CC[C@H]3C=C4c3ccccc3)nc12. The number of aliphatic hydroxyl groups is 1. The van der Waals surface area contributed by atoms with E-state index in [9.17, 15) is 5.11 Å². The Morgan fingerprint density at radius 1 is 1.18 bits per heavy atom. The van der Waals surface area contributed by atoms with E-state index in [0.717, 1.165) is 67.8 Å². The number of benzene rings is 2. The molecule has 3 aliphatic rings. The van der Waals surface area contributed by atoms with Crippen LogP contribution in [0.3, 0.4) is 0 Å². The Labute approximate surface area is 206 Å². The molecule has 1 saturated carbocycles. The number of fused-ring (bicyclic) bond motifs is 3. The Morgan fingerprint density at radius 3 is 2.74 bits per heavy atom. The van der Waals surface area contributed by atoms with Crippen LogP contribution in [-0.2, 0) is 6.42 Å². The summed E-state index contributed by atoms with van der Waals surface area (Å²) < 4.78 is 5.41. The van der Waals surface area contributed by atoms with E-state index in [0.29, 0.717) is 10.9 Å². The highest BCUT2D eigenvalue weighted by atomic mass is 35.5. The Hall–Kier alpha value is -2.34. The number of halogens is 1. The van der Waals surface area contributed by atoms with Gasteiger partial charge in [-0.2, -0.15) is 0 Å². The van der Waals surface area contributed by atoms with Crippen molar-refractivity contribution in [3.05, 3.63) is 65.0 Å². The van der Waals surface area contributed by atoms with Gasteiger partial charge in [0.15, 0.2) is 0 Å². The van der Waals surface area contributed by atoms with Crippen LogP contribution in [0.25, 0.3) is 16.6 Å². The molecule has 180 valence electrons. The number of ether oxygens (including phenoxy) is 1. The van der Waals surface area contributed by atoms with Gasteiger partial charge in [-0.15, -0.1) is 0 Å². The summed E-state index contributed by atoms with van der Waals surface area (Å²) in [6.45, 7) is 1.85. The number of aryl methyl sites for hydroxylation is 1. The maximum absolute atomic E-state index is 11.5. The van der Waals surface area contributed by atoms with Gasteiger partial charge in [-0.3, -0.25) is 0 Å². The molecule has 6 rings (SSSR count). The summed E-state index contributed by atoms with van der Waals surface area (Å²) >= 11 is 6.32. The van der Waals surface area contributed by atoms with Crippen molar-refractivity contribution in [2.75, 3.05) is 27.2 Å². The number of methoxy groups -OCH3 is 1. The fourth-order valence-corrected chi connectivity index (χ4v) is 6.02. The molecule has 3 aliphatic carbocycles. The summed E-state index contributed by atoms with van der Waals surface area (Å²) in [5.74, 6) is 2.39. The number of rotatable bonds is 9. The molecule has 3 aromatic rings. The summed E-state index contributed by atoms with van der Waals surface area (Å²) in [7, 11) is 3.80. The van der Waals surface area contributed by atoms with Gasteiger partial charge in [-0.25, -0.2) is 4.98 Å². The molecule has 0 amide bonds. The molecular weight excluding hydrogens is 446 g/mol. The minimum Gasteiger partial charge on any atom is -0.494 e. The van der Waals surface area contributed by atoms with Crippen molar-refractivity contribution < 1.29 is 9.84 Å². The average Bonchev–Trinajstić information content (AvgIpc) is 3.29. The van der Waals surface area contributed by atoms with E-state index in [4.69, 9.17) is 21.3 Å². The van der Waals surface area contributed by atoms with Crippen molar-refractivity contribution in [1.29, 1.82) is 0 Å². The van der Waals surface area contributed by atoms with E-state index >= 15 is 0 Å². The Bertz CT molecular complexity index is 1180. The van der Waals surface area contributed by atoms with E-state index in [-0.39, 0.29) is 5.92 Å². The lowest BCUT2D eigenvalue weighted by atomic mass is 9.61. The van der Waals surface area contributed by atoms with Gasteiger partial charge in [0.1, 0.15) is 17.1 Å². The zero-order valence-electron chi connectivity index (χ0n) is 20.1. The largest absolute Gasteiger partial charge is 0.494 e. The highest BCUT2D eigenvalue weighted by molar-refractivity contribution is 6.35. The lowest BCUT2D eigenvalue weighted by molar-refractivity contribution is -0.0574. The Morgan fingerprint density at radius 2 is 2.00 bits per heavy atom. The van der Waals surface area contributed by atoms with E-state index < -0.39 is 5.60 Å². The van der Waals surface area contributed by atoms with Crippen molar-refractivity contribution in [2.24, 2.45) is 11.8 Å². The van der Waals surface area contributed by atoms with Gasteiger partial charge >= 0.3 is 0 Å². The molecule has 0 aliphatic heterocycles. The van der Waals surface area contributed by atoms with Gasteiger partial charge in [0, 0.05) is 18.9 Å². The van der Waals surface area contributed by atoms with Crippen LogP contribution < -0.4 is 4.74 Å². The second-order valence-electron chi connectivity index (χ2n) is 9.99. The smallest absolute Gasteiger partial charge is 0.146 e. The third-order valence-electron chi connectivity index (χ3n) is 7.75. The second-order valence-corrected chi connectivity index (χ2v) is 10.4. The molecule has 1 aromatic heterocycles. The predicted molar refractivity (Wildman–Crippen MR) is 138 cm³/mol. The molecule has 0 radical (unpaired) electrons. The molecule has 0 unspecified atom stereocenters. The lowest BCUT2D eigenvalue weighted by Crippen LogP contribution is -2.48. The number of imidazole rings is 1. The van der Waals surface area contributed by atoms with Crippen LogP contribution in [0, 0.1) is 11.8 Å². The van der Waals surface area contributed by atoms with Crippen LogP contribution in [-0.4, -0.2) is 52.8 Å². The standard InChI is InChI=1S/C28H34ClN3O2/c1-32(15-6-9-25-30-26-23(29)12-13-24(34-2)27(26)31-25)16-14-28(33)18-20-10-11-21(28)17-22(20)19-7-4-3-5-8-19/h3-5,7-8,12-13,17,20-21,33H,6,9-11,14-16,18H2,1-2H3,(H,30,31)/t20-,21-,28+/m0/s1. The number of allylic oxidation sites excluding steroid dienone is 1. The van der Waals surface area contributed by atoms with Gasteiger partial charge in [-0.1, -0.05) is 48.0 Å². The monoisotopic (exact) mass is 479 g/mol. The minimum absolute atomic E-state index is 0.261. The number of aromatic amines is 1. The van der Waals surface area contributed by atoms with E-state index in [1.165, 1.54) is 17.6 Å². The van der Waals surface area contributed by atoms with E-state index in [1.54, 1.807) is 7.11 Å². The predicted octanol–water partition coefficient (Wildman–Crippen LogP) is 5.72. The lowest BCUT2D eigenvalue weighted by Gasteiger charge is -2.48. The van der Waals surface area contributed by atoms with Crippen molar-refractivity contribution >= 4 is 28.2 Å². The molecule has 6 heteroatoms. The quantitative estimate of drug-likeness (QED) is 0.411. The second kappa shape index (κ2) is 9.73. The first-order valence-electron chi connectivity index (χ1n) is 12.4. The topological polar surface area (TPSA) is 61.4 Å². The van der Waals surface area contributed by atoms with E-state index in [1.807, 2.05) is 12.1 Å². The highest BCUT2D eigenvalue weighted by Crippen LogP contribution is 2.51. The van der Waals surface area contributed by atoms with Crippen LogP contribution in [0.2, 0.25) is 5.02 Å². The van der Waals surface area contributed by atoms with Gasteiger partial charge in [0.2, 0.25) is 0 Å². The summed E-state index contributed by atoms with van der Waals surface area (Å²) in [5.41, 5.74) is 3.80. The first-order chi connectivity index (χ1) is 16.5. The molecule has 0 saturated heterocycles. The molecule has 34 heavy (non-hydrogen) atoms. The Kier molecular flexibility index (Phi) is 6.70. The summed E-state index contributed by atoms with van der Waals surface area (Å²) in [6.07, 6.45) is 8.19. The van der Waals surface area contributed by atoms with Crippen LogP contribution >= 0.6 is 11.6 Å². The summed E-state index contributed by atoms with van der Waals surface area (Å²) in [6, 6.07) is 14.4. The molecule has 0 spiro atoms. The maximum atomic E-state index is 11.5. The number of hydrogen-bond acceptors (Lipinski definition) is 4.